The molecule has 1 aliphatic rings. The third-order valence-corrected chi connectivity index (χ3v) is 6.65. The lowest BCUT2D eigenvalue weighted by Gasteiger charge is -2.11. The number of aromatic nitrogens is 4. The fourth-order valence-electron chi connectivity index (χ4n) is 3.28. The van der Waals surface area contributed by atoms with Gasteiger partial charge in [0.05, 0.1) is 5.75 Å². The standard InChI is InChI=1S/C20H21BrN4OS/c1-11-8-15(6-7-17(11)21)25-12(2)9-16(13(25)3)18(26)10-27-20-22-19(23-24-20)14-4-5-14/h6-9,14H,4-5,10H2,1-3H3,(H,22,23,24). The van der Waals surface area contributed by atoms with E-state index in [9.17, 15) is 4.79 Å². The number of halogens is 1. The predicted octanol–water partition coefficient (Wildman–Crippen LogP) is 5.14. The minimum atomic E-state index is 0.103. The maximum Gasteiger partial charge on any atom is 0.208 e. The van der Waals surface area contributed by atoms with Gasteiger partial charge in [0.25, 0.3) is 0 Å². The Kier molecular flexibility index (Phi) is 4.99. The summed E-state index contributed by atoms with van der Waals surface area (Å²) in [4.78, 5) is 17.3. The number of ketones is 1. The molecule has 0 saturated heterocycles. The summed E-state index contributed by atoms with van der Waals surface area (Å²) >= 11 is 4.94. The van der Waals surface area contributed by atoms with Crippen molar-refractivity contribution in [3.63, 3.8) is 0 Å². The van der Waals surface area contributed by atoms with Crippen molar-refractivity contribution in [1.29, 1.82) is 0 Å². The van der Waals surface area contributed by atoms with Crippen molar-refractivity contribution in [1.82, 2.24) is 19.7 Å². The molecule has 0 amide bonds. The molecule has 1 saturated carbocycles. The minimum Gasteiger partial charge on any atom is -0.318 e. The molecule has 0 aliphatic heterocycles. The zero-order valence-electron chi connectivity index (χ0n) is 15.5. The van der Waals surface area contributed by atoms with E-state index in [0.29, 0.717) is 16.8 Å². The lowest BCUT2D eigenvalue weighted by Crippen LogP contribution is -2.06. The van der Waals surface area contributed by atoms with Gasteiger partial charge in [-0.2, -0.15) is 0 Å². The molecule has 0 radical (unpaired) electrons. The molecular formula is C20H21BrN4OS. The average molecular weight is 445 g/mol. The number of benzene rings is 1. The van der Waals surface area contributed by atoms with Crippen LogP contribution in [0.1, 0.15) is 51.9 Å². The maximum absolute atomic E-state index is 12.8. The molecule has 1 aliphatic carbocycles. The Bertz CT molecular complexity index is 1020. The lowest BCUT2D eigenvalue weighted by molar-refractivity contribution is 0.102. The predicted molar refractivity (Wildman–Crippen MR) is 111 cm³/mol. The van der Waals surface area contributed by atoms with Gasteiger partial charge in [-0.05, 0) is 63.4 Å². The van der Waals surface area contributed by atoms with Gasteiger partial charge in [-0.15, -0.1) is 5.10 Å². The number of aryl methyl sites for hydroxylation is 2. The van der Waals surface area contributed by atoms with Crippen molar-refractivity contribution < 1.29 is 4.79 Å². The third kappa shape index (κ3) is 3.75. The highest BCUT2D eigenvalue weighted by atomic mass is 79.9. The van der Waals surface area contributed by atoms with Crippen LogP contribution in [0.15, 0.2) is 33.9 Å². The molecule has 1 N–H and O–H groups in total. The summed E-state index contributed by atoms with van der Waals surface area (Å²) in [5.41, 5.74) is 5.02. The van der Waals surface area contributed by atoms with Gasteiger partial charge in [-0.3, -0.25) is 9.89 Å². The molecule has 0 spiro atoms. The maximum atomic E-state index is 12.8. The summed E-state index contributed by atoms with van der Waals surface area (Å²) in [7, 11) is 0. The number of carbonyl (C=O) groups excluding carboxylic acids is 1. The van der Waals surface area contributed by atoms with Crippen LogP contribution >= 0.6 is 27.7 Å². The molecule has 0 atom stereocenters. The number of nitrogens with one attached hydrogen (secondary N) is 1. The van der Waals surface area contributed by atoms with Crippen molar-refractivity contribution in [3.8, 4) is 5.69 Å². The van der Waals surface area contributed by atoms with Crippen LogP contribution in [0.3, 0.4) is 0 Å². The summed E-state index contributed by atoms with van der Waals surface area (Å²) in [6, 6.07) is 8.21. The van der Waals surface area contributed by atoms with Gasteiger partial charge in [-0.25, -0.2) is 4.98 Å². The Labute approximate surface area is 171 Å². The van der Waals surface area contributed by atoms with Gasteiger partial charge in [0.2, 0.25) is 5.16 Å². The Morgan fingerprint density at radius 2 is 2.07 bits per heavy atom. The van der Waals surface area contributed by atoms with Crippen LogP contribution in [-0.2, 0) is 0 Å². The van der Waals surface area contributed by atoms with Gasteiger partial charge in [0.15, 0.2) is 5.78 Å². The second kappa shape index (κ2) is 7.28. The number of aromatic amines is 1. The van der Waals surface area contributed by atoms with E-state index in [1.807, 2.05) is 26.0 Å². The van der Waals surface area contributed by atoms with Crippen LogP contribution in [0.2, 0.25) is 0 Å². The van der Waals surface area contributed by atoms with Crippen molar-refractivity contribution in [3.05, 3.63) is 57.1 Å². The quantitative estimate of drug-likeness (QED) is 0.422. The van der Waals surface area contributed by atoms with E-state index < -0.39 is 0 Å². The van der Waals surface area contributed by atoms with Crippen molar-refractivity contribution in [2.24, 2.45) is 0 Å². The second-order valence-corrected chi connectivity index (χ2v) is 8.84. The zero-order chi connectivity index (χ0) is 19.1. The largest absolute Gasteiger partial charge is 0.318 e. The monoisotopic (exact) mass is 444 g/mol. The Hall–Kier alpha value is -1.86. The molecule has 1 aromatic carbocycles. The summed E-state index contributed by atoms with van der Waals surface area (Å²) in [6.07, 6.45) is 2.36. The van der Waals surface area contributed by atoms with Crippen LogP contribution < -0.4 is 0 Å². The number of H-pyrrole nitrogens is 1. The van der Waals surface area contributed by atoms with E-state index in [-0.39, 0.29) is 5.78 Å². The number of Topliss-reactive ketones (excluding diaryl/α,β-unsaturated/α-hetero) is 1. The van der Waals surface area contributed by atoms with Gasteiger partial charge in [0.1, 0.15) is 5.82 Å². The highest BCUT2D eigenvalue weighted by molar-refractivity contribution is 9.10. The van der Waals surface area contributed by atoms with Crippen LogP contribution in [0.4, 0.5) is 0 Å². The summed E-state index contributed by atoms with van der Waals surface area (Å²) < 4.78 is 3.22. The van der Waals surface area contributed by atoms with Crippen LogP contribution in [0, 0.1) is 20.8 Å². The molecule has 140 valence electrons. The van der Waals surface area contributed by atoms with E-state index in [1.165, 1.54) is 30.2 Å². The number of hydrogen-bond acceptors (Lipinski definition) is 4. The second-order valence-electron chi connectivity index (χ2n) is 7.04. The van der Waals surface area contributed by atoms with Gasteiger partial charge >= 0.3 is 0 Å². The molecule has 27 heavy (non-hydrogen) atoms. The van der Waals surface area contributed by atoms with E-state index in [1.54, 1.807) is 0 Å². The SMILES string of the molecule is Cc1cc(-n2c(C)cc(C(=O)CSc3n[nH]c(C4CC4)n3)c2C)ccc1Br. The number of thioether (sulfide) groups is 1. The molecule has 1 fully saturated rings. The summed E-state index contributed by atoms with van der Waals surface area (Å²) in [6.45, 7) is 6.10. The first-order chi connectivity index (χ1) is 12.9. The first-order valence-corrected chi connectivity index (χ1v) is 10.8. The van der Waals surface area contributed by atoms with E-state index in [2.05, 4.69) is 54.7 Å². The molecule has 2 aromatic heterocycles. The zero-order valence-corrected chi connectivity index (χ0v) is 17.9. The van der Waals surface area contributed by atoms with Crippen molar-refractivity contribution in [2.45, 2.75) is 44.7 Å². The smallest absolute Gasteiger partial charge is 0.208 e. The normalized spacial score (nSPS) is 13.9. The molecule has 7 heteroatoms. The molecule has 2 heterocycles. The van der Waals surface area contributed by atoms with Crippen molar-refractivity contribution >= 4 is 33.5 Å². The van der Waals surface area contributed by atoms with E-state index in [4.69, 9.17) is 0 Å². The van der Waals surface area contributed by atoms with E-state index >= 15 is 0 Å². The molecular weight excluding hydrogens is 424 g/mol. The average Bonchev–Trinajstić information content (AvgIpc) is 3.31. The Morgan fingerprint density at radius 1 is 1.30 bits per heavy atom. The van der Waals surface area contributed by atoms with E-state index in [0.717, 1.165) is 32.9 Å². The van der Waals surface area contributed by atoms with Crippen molar-refractivity contribution in [2.75, 3.05) is 5.75 Å². The summed E-state index contributed by atoms with van der Waals surface area (Å²) in [5.74, 6) is 1.93. The highest BCUT2D eigenvalue weighted by Gasteiger charge is 2.27. The molecule has 0 unspecified atom stereocenters. The topological polar surface area (TPSA) is 63.6 Å². The van der Waals surface area contributed by atoms with Crippen LogP contribution in [0.5, 0.6) is 0 Å². The van der Waals surface area contributed by atoms with Crippen LogP contribution in [0.25, 0.3) is 5.69 Å². The highest BCUT2D eigenvalue weighted by Crippen LogP contribution is 2.38. The number of rotatable bonds is 6. The fourth-order valence-corrected chi connectivity index (χ4v) is 4.22. The fraction of sp³-hybridized carbons (Fsp3) is 0.350. The van der Waals surface area contributed by atoms with Crippen LogP contribution in [-0.4, -0.2) is 31.3 Å². The number of hydrogen-bond donors (Lipinski definition) is 1. The molecule has 3 aromatic rings. The minimum absolute atomic E-state index is 0.103. The molecule has 0 bridgehead atoms. The van der Waals surface area contributed by atoms with Gasteiger partial charge < -0.3 is 4.57 Å². The Morgan fingerprint density at radius 3 is 2.78 bits per heavy atom. The van der Waals surface area contributed by atoms with Gasteiger partial charge in [0, 0.05) is 33.0 Å². The first kappa shape index (κ1) is 18.5. The molecule has 4 rings (SSSR count). The lowest BCUT2D eigenvalue weighted by atomic mass is 10.2. The summed E-state index contributed by atoms with van der Waals surface area (Å²) in [5, 5.41) is 7.86. The van der Waals surface area contributed by atoms with Gasteiger partial charge in [-0.1, -0.05) is 27.7 Å². The first-order valence-electron chi connectivity index (χ1n) is 8.98. The Balaban J connectivity index is 1.52. The molecule has 5 nitrogen and oxygen atoms in total. The number of nitrogens with zero attached hydrogens (tertiary/aromatic N) is 3. The number of carbonyl (C=O) groups is 1. The third-order valence-electron chi connectivity index (χ3n) is 4.91.